The monoisotopic (exact) mass is 471 g/mol. The summed E-state index contributed by atoms with van der Waals surface area (Å²) in [5.74, 6) is 2.80. The Bertz CT molecular complexity index is 1150. The molecule has 7 rings (SSSR count). The van der Waals surface area contributed by atoms with Gasteiger partial charge in [0.2, 0.25) is 5.91 Å². The quantitative estimate of drug-likeness (QED) is 0.450. The van der Waals surface area contributed by atoms with Crippen molar-refractivity contribution in [2.45, 2.75) is 64.8 Å². The summed E-state index contributed by atoms with van der Waals surface area (Å²) in [6.45, 7) is 4.35. The third kappa shape index (κ3) is 4.08. The maximum Gasteiger partial charge on any atom is 0.225 e. The molecule has 4 aliphatic rings. The molecule has 4 saturated carbocycles. The van der Waals surface area contributed by atoms with E-state index in [4.69, 9.17) is 4.98 Å². The van der Waals surface area contributed by atoms with Gasteiger partial charge in [0.15, 0.2) is 0 Å². The van der Waals surface area contributed by atoms with E-state index in [1.54, 1.807) is 17.5 Å². The molecule has 1 aromatic carbocycles. The molecule has 2 aromatic heterocycles. The number of hydrogen-bond donors (Lipinski definition) is 1. The lowest BCUT2D eigenvalue weighted by Gasteiger charge is -2.59. The molecule has 4 aliphatic carbocycles. The fourth-order valence-electron chi connectivity index (χ4n) is 7.32. The number of aryl methyl sites for hydroxylation is 1. The number of nitrogens with one attached hydrogen (secondary N) is 1. The number of amides is 1. The number of carbonyl (C=O) groups is 1. The van der Waals surface area contributed by atoms with Crippen molar-refractivity contribution in [3.05, 3.63) is 59.2 Å². The highest BCUT2D eigenvalue weighted by Crippen LogP contribution is 2.61. The third-order valence-electron chi connectivity index (χ3n) is 8.63. The van der Waals surface area contributed by atoms with E-state index >= 15 is 0 Å². The van der Waals surface area contributed by atoms with Crippen molar-refractivity contribution in [3.8, 4) is 21.8 Å². The van der Waals surface area contributed by atoms with Crippen molar-refractivity contribution in [1.29, 1.82) is 0 Å². The highest BCUT2D eigenvalue weighted by molar-refractivity contribution is 7.15. The van der Waals surface area contributed by atoms with Crippen LogP contribution in [0.1, 0.15) is 55.9 Å². The lowest BCUT2D eigenvalue weighted by Crippen LogP contribution is -2.56. The maximum absolute atomic E-state index is 13.4. The van der Waals surface area contributed by atoms with Crippen LogP contribution in [0.4, 0.5) is 0 Å². The van der Waals surface area contributed by atoms with E-state index in [1.807, 2.05) is 18.3 Å². The number of thiazole rings is 1. The van der Waals surface area contributed by atoms with Crippen molar-refractivity contribution >= 4 is 17.2 Å². The molecule has 2 heterocycles. The fraction of sp³-hybridized carbons (Fsp3) is 0.483. The van der Waals surface area contributed by atoms with Gasteiger partial charge < -0.3 is 5.32 Å². The number of pyridine rings is 1. The molecule has 1 atom stereocenters. The molecule has 1 amide bonds. The minimum atomic E-state index is 0.123. The summed E-state index contributed by atoms with van der Waals surface area (Å²) in [7, 11) is 0. The molecule has 0 unspecified atom stereocenters. The van der Waals surface area contributed by atoms with Crippen LogP contribution in [0.2, 0.25) is 0 Å². The Balaban J connectivity index is 1.24. The van der Waals surface area contributed by atoms with Crippen LogP contribution in [-0.2, 0) is 11.2 Å². The highest BCUT2D eigenvalue weighted by Gasteiger charge is 2.53. The fourth-order valence-corrected chi connectivity index (χ4v) is 8.39. The normalized spacial score (nSPS) is 28.1. The van der Waals surface area contributed by atoms with Gasteiger partial charge in [0.05, 0.1) is 12.1 Å². The van der Waals surface area contributed by atoms with E-state index in [0.717, 1.165) is 44.5 Å². The number of carbonyl (C=O) groups excluding carboxylic acids is 1. The summed E-state index contributed by atoms with van der Waals surface area (Å²) in [5.41, 5.74) is 4.51. The van der Waals surface area contributed by atoms with Crippen LogP contribution in [0.3, 0.4) is 0 Å². The first-order valence-electron chi connectivity index (χ1n) is 12.7. The van der Waals surface area contributed by atoms with E-state index in [2.05, 4.69) is 48.4 Å². The molecule has 0 radical (unpaired) electrons. The van der Waals surface area contributed by atoms with Crippen LogP contribution in [0, 0.1) is 30.1 Å². The van der Waals surface area contributed by atoms with Gasteiger partial charge in [-0.1, -0.05) is 29.8 Å². The van der Waals surface area contributed by atoms with Crippen molar-refractivity contribution < 1.29 is 4.79 Å². The van der Waals surface area contributed by atoms with Crippen molar-refractivity contribution in [1.82, 2.24) is 15.3 Å². The molecular weight excluding hydrogens is 438 g/mol. The van der Waals surface area contributed by atoms with Gasteiger partial charge in [-0.2, -0.15) is 0 Å². The molecule has 34 heavy (non-hydrogen) atoms. The second kappa shape index (κ2) is 8.60. The van der Waals surface area contributed by atoms with Gasteiger partial charge in [0, 0.05) is 34.4 Å². The first-order chi connectivity index (χ1) is 16.5. The Labute approximate surface area is 206 Å². The summed E-state index contributed by atoms with van der Waals surface area (Å²) in [6.07, 6.45) is 12.2. The third-order valence-corrected chi connectivity index (χ3v) is 9.74. The first kappa shape index (κ1) is 22.0. The Morgan fingerprint density at radius 3 is 2.35 bits per heavy atom. The average molecular weight is 472 g/mol. The van der Waals surface area contributed by atoms with Gasteiger partial charge in [0.1, 0.15) is 5.01 Å². The average Bonchev–Trinajstić information content (AvgIpc) is 3.23. The van der Waals surface area contributed by atoms with Gasteiger partial charge in [0.25, 0.3) is 0 Å². The zero-order valence-corrected chi connectivity index (χ0v) is 20.9. The molecule has 4 bridgehead atoms. The van der Waals surface area contributed by atoms with Gasteiger partial charge in [-0.3, -0.25) is 9.78 Å². The van der Waals surface area contributed by atoms with Crippen LogP contribution >= 0.6 is 11.3 Å². The summed E-state index contributed by atoms with van der Waals surface area (Å²) in [6, 6.07) is 12.6. The van der Waals surface area contributed by atoms with Gasteiger partial charge in [-0.25, -0.2) is 4.98 Å². The Morgan fingerprint density at radius 1 is 1.06 bits per heavy atom. The predicted octanol–water partition coefficient (Wildman–Crippen LogP) is 6.44. The number of benzene rings is 1. The van der Waals surface area contributed by atoms with E-state index < -0.39 is 0 Å². The van der Waals surface area contributed by atoms with Gasteiger partial charge >= 0.3 is 0 Å². The largest absolute Gasteiger partial charge is 0.353 e. The Hall–Kier alpha value is -2.53. The summed E-state index contributed by atoms with van der Waals surface area (Å²) in [5, 5.41) is 4.37. The zero-order valence-electron chi connectivity index (χ0n) is 20.1. The molecule has 0 saturated heterocycles. The minimum Gasteiger partial charge on any atom is -0.353 e. The smallest absolute Gasteiger partial charge is 0.225 e. The van der Waals surface area contributed by atoms with Crippen LogP contribution in [0.5, 0.6) is 0 Å². The lowest BCUT2D eigenvalue weighted by atomic mass is 9.48. The van der Waals surface area contributed by atoms with Gasteiger partial charge in [-0.15, -0.1) is 11.3 Å². The summed E-state index contributed by atoms with van der Waals surface area (Å²) < 4.78 is 0. The van der Waals surface area contributed by atoms with Crippen LogP contribution in [0.15, 0.2) is 48.8 Å². The maximum atomic E-state index is 13.4. The molecule has 0 aliphatic heterocycles. The molecule has 4 fully saturated rings. The predicted molar refractivity (Wildman–Crippen MR) is 137 cm³/mol. The topological polar surface area (TPSA) is 54.9 Å². The second-order valence-corrected chi connectivity index (χ2v) is 12.2. The van der Waals surface area contributed by atoms with Crippen LogP contribution in [0.25, 0.3) is 21.8 Å². The number of nitrogens with zero attached hydrogens (tertiary/aromatic N) is 2. The Morgan fingerprint density at radius 2 is 1.74 bits per heavy atom. The van der Waals surface area contributed by atoms with E-state index in [-0.39, 0.29) is 11.9 Å². The molecule has 176 valence electrons. The number of rotatable bonds is 6. The molecular formula is C29H33N3OS. The van der Waals surface area contributed by atoms with Crippen molar-refractivity contribution in [3.63, 3.8) is 0 Å². The molecule has 5 heteroatoms. The van der Waals surface area contributed by atoms with Crippen LogP contribution in [-0.4, -0.2) is 21.9 Å². The Kier molecular flexibility index (Phi) is 5.56. The summed E-state index contributed by atoms with van der Waals surface area (Å²) in [4.78, 5) is 23.6. The molecule has 3 aromatic rings. The molecule has 0 spiro atoms. The lowest BCUT2D eigenvalue weighted by molar-refractivity contribution is -0.125. The van der Waals surface area contributed by atoms with E-state index in [9.17, 15) is 4.79 Å². The molecule has 1 N–H and O–H groups in total. The van der Waals surface area contributed by atoms with E-state index in [0.29, 0.717) is 11.8 Å². The summed E-state index contributed by atoms with van der Waals surface area (Å²) >= 11 is 1.61. The SMILES string of the molecule is Cc1ccc(-c2nc(-c3cccnc3)sc2CC(=O)N[C@H](C)C23CC4CC(CC(C4)C2)C3)cc1. The molecule has 4 nitrogen and oxygen atoms in total. The minimum absolute atomic E-state index is 0.123. The van der Waals surface area contributed by atoms with Crippen molar-refractivity contribution in [2.24, 2.45) is 23.2 Å². The van der Waals surface area contributed by atoms with E-state index in [1.165, 1.54) is 44.1 Å². The first-order valence-corrected chi connectivity index (χ1v) is 13.6. The standard InChI is InChI=1S/C29H33N3OS/c1-18-5-7-23(8-6-18)27-25(34-28(32-27)24-4-3-9-30-17-24)13-26(33)31-19(2)29-14-20-10-21(15-29)12-22(11-20)16-29/h3-9,17,19-22H,10-16H2,1-2H3,(H,31,33)/t19-,20?,21?,22?,29?/m1/s1. The number of hydrogen-bond acceptors (Lipinski definition) is 4. The second-order valence-electron chi connectivity index (χ2n) is 11.1. The zero-order chi connectivity index (χ0) is 23.3. The van der Waals surface area contributed by atoms with Gasteiger partial charge in [-0.05, 0) is 87.7 Å². The highest BCUT2D eigenvalue weighted by atomic mass is 32.1. The van der Waals surface area contributed by atoms with Crippen molar-refractivity contribution in [2.75, 3.05) is 0 Å². The van der Waals surface area contributed by atoms with Crippen LogP contribution < -0.4 is 5.32 Å². The number of aromatic nitrogens is 2.